The van der Waals surface area contributed by atoms with Crippen molar-refractivity contribution in [1.82, 2.24) is 9.97 Å². The van der Waals surface area contributed by atoms with E-state index in [-0.39, 0.29) is 0 Å². The molecule has 0 bridgehead atoms. The van der Waals surface area contributed by atoms with E-state index in [1.54, 1.807) is 0 Å². The third kappa shape index (κ3) is 1.96. The molecule has 18 heavy (non-hydrogen) atoms. The highest BCUT2D eigenvalue weighted by molar-refractivity contribution is 5.59. The molecule has 1 aliphatic rings. The minimum atomic E-state index is 0.772. The number of nitrogens with two attached hydrogens (primary N) is 1. The predicted octanol–water partition coefficient (Wildman–Crippen LogP) is 2.91. The monoisotopic (exact) mass is 239 g/mol. The molecule has 1 aliphatic carbocycles. The minimum Gasteiger partial charge on any atom is -0.399 e. The Hall–Kier alpha value is -1.90. The van der Waals surface area contributed by atoms with E-state index in [9.17, 15) is 0 Å². The smallest absolute Gasteiger partial charge is 0.159 e. The van der Waals surface area contributed by atoms with Crippen molar-refractivity contribution in [2.24, 2.45) is 0 Å². The Morgan fingerprint density at radius 1 is 1.00 bits per heavy atom. The van der Waals surface area contributed by atoms with Gasteiger partial charge in [-0.25, -0.2) is 9.97 Å². The number of nitrogens with zero attached hydrogens (tertiary/aromatic N) is 2. The maximum atomic E-state index is 5.70. The first kappa shape index (κ1) is 11.2. The van der Waals surface area contributed by atoms with Crippen LogP contribution in [0.2, 0.25) is 0 Å². The minimum absolute atomic E-state index is 0.772. The van der Waals surface area contributed by atoms with E-state index in [1.165, 1.54) is 24.1 Å². The van der Waals surface area contributed by atoms with Crippen LogP contribution in [0.1, 0.15) is 29.8 Å². The molecular weight excluding hydrogens is 222 g/mol. The zero-order valence-corrected chi connectivity index (χ0v) is 10.6. The molecule has 0 radical (unpaired) electrons. The Labute approximate surface area is 107 Å². The maximum Gasteiger partial charge on any atom is 0.159 e. The fraction of sp³-hybridized carbons (Fsp3) is 0.333. The summed E-state index contributed by atoms with van der Waals surface area (Å²) in [6, 6.07) is 7.76. The molecule has 1 aromatic carbocycles. The first-order valence-electron chi connectivity index (χ1n) is 6.46. The van der Waals surface area contributed by atoms with Gasteiger partial charge in [0.1, 0.15) is 0 Å². The van der Waals surface area contributed by atoms with Crippen molar-refractivity contribution in [2.45, 2.75) is 32.6 Å². The van der Waals surface area contributed by atoms with Crippen molar-refractivity contribution < 1.29 is 0 Å². The Balaban J connectivity index is 2.08. The average Bonchev–Trinajstić information content (AvgIpc) is 2.39. The molecule has 1 aromatic heterocycles. The summed E-state index contributed by atoms with van der Waals surface area (Å²) in [6.45, 7) is 2.09. The first-order chi connectivity index (χ1) is 8.74. The third-order valence-electron chi connectivity index (χ3n) is 3.56. The molecule has 92 valence electrons. The zero-order chi connectivity index (χ0) is 12.5. The number of benzene rings is 1. The molecule has 0 saturated carbocycles. The van der Waals surface area contributed by atoms with Gasteiger partial charge in [0.25, 0.3) is 0 Å². The zero-order valence-electron chi connectivity index (χ0n) is 10.6. The lowest BCUT2D eigenvalue weighted by Gasteiger charge is -2.17. The number of hydrogen-bond acceptors (Lipinski definition) is 3. The van der Waals surface area contributed by atoms with Gasteiger partial charge in [0, 0.05) is 22.6 Å². The lowest BCUT2D eigenvalue weighted by molar-refractivity contribution is 0.658. The van der Waals surface area contributed by atoms with Gasteiger partial charge in [-0.15, -0.1) is 0 Å². The van der Waals surface area contributed by atoms with Gasteiger partial charge in [0.15, 0.2) is 5.82 Å². The molecule has 0 saturated heterocycles. The van der Waals surface area contributed by atoms with Crippen LogP contribution in [0.4, 0.5) is 5.69 Å². The SMILES string of the molecule is Cc1nc(-c2ccc(N)cc2)nc2c1CCCC2. The van der Waals surface area contributed by atoms with E-state index in [2.05, 4.69) is 11.9 Å². The lowest BCUT2D eigenvalue weighted by Crippen LogP contribution is -2.10. The van der Waals surface area contributed by atoms with Gasteiger partial charge in [0.05, 0.1) is 0 Å². The van der Waals surface area contributed by atoms with Crippen molar-refractivity contribution in [2.75, 3.05) is 5.73 Å². The second-order valence-corrected chi connectivity index (χ2v) is 4.89. The summed E-state index contributed by atoms with van der Waals surface area (Å²) in [5.74, 6) is 0.827. The number of nitrogen functional groups attached to an aromatic ring is 1. The Morgan fingerprint density at radius 2 is 1.72 bits per heavy atom. The lowest BCUT2D eigenvalue weighted by atomic mass is 9.95. The third-order valence-corrected chi connectivity index (χ3v) is 3.56. The average molecular weight is 239 g/mol. The van der Waals surface area contributed by atoms with Crippen LogP contribution >= 0.6 is 0 Å². The summed E-state index contributed by atoms with van der Waals surface area (Å²) >= 11 is 0. The Morgan fingerprint density at radius 3 is 2.50 bits per heavy atom. The summed E-state index contributed by atoms with van der Waals surface area (Å²) in [4.78, 5) is 9.36. The molecule has 3 nitrogen and oxygen atoms in total. The second-order valence-electron chi connectivity index (χ2n) is 4.89. The van der Waals surface area contributed by atoms with E-state index in [1.807, 2.05) is 24.3 Å². The van der Waals surface area contributed by atoms with E-state index in [4.69, 9.17) is 10.7 Å². The highest BCUT2D eigenvalue weighted by atomic mass is 14.9. The first-order valence-corrected chi connectivity index (χ1v) is 6.46. The molecule has 0 atom stereocenters. The normalized spacial score (nSPS) is 14.3. The van der Waals surface area contributed by atoms with Crippen molar-refractivity contribution in [3.63, 3.8) is 0 Å². The van der Waals surface area contributed by atoms with Crippen molar-refractivity contribution in [3.05, 3.63) is 41.2 Å². The maximum absolute atomic E-state index is 5.70. The number of hydrogen-bond donors (Lipinski definition) is 1. The van der Waals surface area contributed by atoms with Gasteiger partial charge >= 0.3 is 0 Å². The molecule has 3 heteroatoms. The van der Waals surface area contributed by atoms with Crippen LogP contribution in [-0.4, -0.2) is 9.97 Å². The Bertz CT molecular complexity index is 573. The fourth-order valence-corrected chi connectivity index (χ4v) is 2.54. The number of aryl methyl sites for hydroxylation is 2. The van der Waals surface area contributed by atoms with Crippen LogP contribution in [0.25, 0.3) is 11.4 Å². The van der Waals surface area contributed by atoms with Crippen LogP contribution in [0.5, 0.6) is 0 Å². The van der Waals surface area contributed by atoms with Gasteiger partial charge in [0.2, 0.25) is 0 Å². The van der Waals surface area contributed by atoms with Crippen molar-refractivity contribution >= 4 is 5.69 Å². The topological polar surface area (TPSA) is 51.8 Å². The van der Waals surface area contributed by atoms with Crippen molar-refractivity contribution in [3.8, 4) is 11.4 Å². The molecule has 0 aliphatic heterocycles. The van der Waals surface area contributed by atoms with Crippen LogP contribution < -0.4 is 5.73 Å². The molecule has 0 fully saturated rings. The molecule has 2 N–H and O–H groups in total. The Kier molecular flexibility index (Phi) is 2.74. The molecule has 0 spiro atoms. The van der Waals surface area contributed by atoms with Gasteiger partial charge in [-0.3, -0.25) is 0 Å². The van der Waals surface area contributed by atoms with Crippen LogP contribution in [0.15, 0.2) is 24.3 Å². The van der Waals surface area contributed by atoms with E-state index in [0.717, 1.165) is 35.6 Å². The molecule has 2 aromatic rings. The molecule has 0 amide bonds. The van der Waals surface area contributed by atoms with Crippen LogP contribution in [0.3, 0.4) is 0 Å². The van der Waals surface area contributed by atoms with Crippen molar-refractivity contribution in [1.29, 1.82) is 0 Å². The van der Waals surface area contributed by atoms with Crippen LogP contribution in [-0.2, 0) is 12.8 Å². The summed E-state index contributed by atoms with van der Waals surface area (Å²) in [7, 11) is 0. The van der Waals surface area contributed by atoms with E-state index in [0.29, 0.717) is 0 Å². The number of aromatic nitrogens is 2. The predicted molar refractivity (Wildman–Crippen MR) is 73.3 cm³/mol. The van der Waals surface area contributed by atoms with Gasteiger partial charge < -0.3 is 5.73 Å². The highest BCUT2D eigenvalue weighted by Crippen LogP contribution is 2.25. The van der Waals surface area contributed by atoms with Crippen LogP contribution in [0, 0.1) is 6.92 Å². The molecule has 0 unspecified atom stereocenters. The summed E-state index contributed by atoms with van der Waals surface area (Å²) in [5.41, 5.74) is 11.2. The highest BCUT2D eigenvalue weighted by Gasteiger charge is 2.15. The second kappa shape index (κ2) is 4.41. The summed E-state index contributed by atoms with van der Waals surface area (Å²) in [5, 5.41) is 0. The van der Waals surface area contributed by atoms with Gasteiger partial charge in [-0.1, -0.05) is 0 Å². The summed E-state index contributed by atoms with van der Waals surface area (Å²) < 4.78 is 0. The molecular formula is C15H17N3. The van der Waals surface area contributed by atoms with E-state index < -0.39 is 0 Å². The largest absolute Gasteiger partial charge is 0.399 e. The molecule has 3 rings (SSSR count). The fourth-order valence-electron chi connectivity index (χ4n) is 2.54. The van der Waals surface area contributed by atoms with Gasteiger partial charge in [-0.05, 0) is 62.4 Å². The quantitative estimate of drug-likeness (QED) is 0.778. The number of anilines is 1. The van der Waals surface area contributed by atoms with Gasteiger partial charge in [-0.2, -0.15) is 0 Å². The molecule has 1 heterocycles. The summed E-state index contributed by atoms with van der Waals surface area (Å²) in [6.07, 6.45) is 4.72. The number of rotatable bonds is 1. The standard InChI is InChI=1S/C15H17N3/c1-10-13-4-2-3-5-14(13)18-15(17-10)11-6-8-12(16)9-7-11/h6-9H,2-5,16H2,1H3. The van der Waals surface area contributed by atoms with E-state index >= 15 is 0 Å². The number of fused-ring (bicyclic) bond motifs is 1.